The van der Waals surface area contributed by atoms with Crippen LogP contribution in [0.1, 0.15) is 49.9 Å². The van der Waals surface area contributed by atoms with Gasteiger partial charge in [-0.15, -0.1) is 0 Å². The average Bonchev–Trinajstić information content (AvgIpc) is 2.74. The first-order valence-corrected chi connectivity index (χ1v) is 10.9. The van der Waals surface area contributed by atoms with Crippen molar-refractivity contribution < 1.29 is 9.59 Å². The van der Waals surface area contributed by atoms with Crippen LogP contribution in [0.15, 0.2) is 42.5 Å². The molecule has 3 amide bonds. The second kappa shape index (κ2) is 10.3. The second-order valence-corrected chi connectivity index (χ2v) is 8.09. The minimum absolute atomic E-state index is 0.0782. The van der Waals surface area contributed by atoms with Gasteiger partial charge in [0.15, 0.2) is 0 Å². The summed E-state index contributed by atoms with van der Waals surface area (Å²) >= 11 is 5.97. The van der Waals surface area contributed by atoms with E-state index in [0.717, 1.165) is 38.0 Å². The highest BCUT2D eigenvalue weighted by Crippen LogP contribution is 2.27. The SMILES string of the molecule is CC[C@H](C)NC(=O)c1cc(NC(=O)Nc2cccc(Cl)c2)ccc1N1CCCCC1. The summed E-state index contributed by atoms with van der Waals surface area (Å²) in [5.74, 6) is -0.121. The van der Waals surface area contributed by atoms with Crippen LogP contribution < -0.4 is 20.9 Å². The highest BCUT2D eigenvalue weighted by molar-refractivity contribution is 6.30. The molecule has 3 rings (SSSR count). The number of anilines is 3. The third-order valence-electron chi connectivity index (χ3n) is 5.27. The zero-order valence-electron chi connectivity index (χ0n) is 17.5. The molecule has 3 N–H and O–H groups in total. The van der Waals surface area contributed by atoms with Crippen LogP contribution in [0, 0.1) is 0 Å². The van der Waals surface area contributed by atoms with E-state index in [4.69, 9.17) is 11.6 Å². The van der Waals surface area contributed by atoms with Gasteiger partial charge in [0.2, 0.25) is 0 Å². The van der Waals surface area contributed by atoms with E-state index < -0.39 is 6.03 Å². The van der Waals surface area contributed by atoms with E-state index in [1.54, 1.807) is 30.3 Å². The Balaban J connectivity index is 1.80. The van der Waals surface area contributed by atoms with E-state index >= 15 is 0 Å². The van der Waals surface area contributed by atoms with Crippen molar-refractivity contribution in [2.75, 3.05) is 28.6 Å². The molecule has 2 aromatic rings. The number of nitrogens with one attached hydrogen (secondary N) is 3. The highest BCUT2D eigenvalue weighted by atomic mass is 35.5. The largest absolute Gasteiger partial charge is 0.371 e. The van der Waals surface area contributed by atoms with Crippen LogP contribution in [-0.2, 0) is 0 Å². The van der Waals surface area contributed by atoms with Gasteiger partial charge in [0.1, 0.15) is 0 Å². The Morgan fingerprint density at radius 3 is 2.40 bits per heavy atom. The molecule has 2 aromatic carbocycles. The molecule has 0 spiro atoms. The molecule has 160 valence electrons. The summed E-state index contributed by atoms with van der Waals surface area (Å²) in [7, 11) is 0. The van der Waals surface area contributed by atoms with Crippen LogP contribution in [0.2, 0.25) is 5.02 Å². The summed E-state index contributed by atoms with van der Waals surface area (Å²) < 4.78 is 0. The van der Waals surface area contributed by atoms with Crippen molar-refractivity contribution in [2.24, 2.45) is 0 Å². The molecule has 1 heterocycles. The van der Waals surface area contributed by atoms with Crippen molar-refractivity contribution in [2.45, 2.75) is 45.6 Å². The molecule has 0 radical (unpaired) electrons. The van der Waals surface area contributed by atoms with Gasteiger partial charge in [0.05, 0.1) is 5.56 Å². The van der Waals surface area contributed by atoms with E-state index in [2.05, 4.69) is 20.9 Å². The lowest BCUT2D eigenvalue weighted by molar-refractivity contribution is 0.0939. The number of urea groups is 1. The minimum atomic E-state index is -0.392. The number of piperidine rings is 1. The molecule has 7 heteroatoms. The number of hydrogen-bond donors (Lipinski definition) is 3. The molecule has 0 aromatic heterocycles. The first-order valence-electron chi connectivity index (χ1n) is 10.5. The molecule has 1 atom stereocenters. The first-order chi connectivity index (χ1) is 14.5. The van der Waals surface area contributed by atoms with Gasteiger partial charge >= 0.3 is 6.03 Å². The van der Waals surface area contributed by atoms with E-state index in [1.807, 2.05) is 26.0 Å². The van der Waals surface area contributed by atoms with Crippen LogP contribution in [0.5, 0.6) is 0 Å². The topological polar surface area (TPSA) is 73.5 Å². The van der Waals surface area contributed by atoms with Crippen molar-refractivity contribution in [3.05, 3.63) is 53.1 Å². The number of halogens is 1. The fourth-order valence-corrected chi connectivity index (χ4v) is 3.66. The summed E-state index contributed by atoms with van der Waals surface area (Å²) in [6, 6.07) is 12.1. The number of carbonyl (C=O) groups excluding carboxylic acids is 2. The van der Waals surface area contributed by atoms with Crippen LogP contribution in [0.4, 0.5) is 21.9 Å². The number of benzene rings is 2. The lowest BCUT2D eigenvalue weighted by atomic mass is 10.1. The van der Waals surface area contributed by atoms with Gasteiger partial charge in [-0.3, -0.25) is 4.79 Å². The van der Waals surface area contributed by atoms with Gasteiger partial charge in [-0.2, -0.15) is 0 Å². The predicted molar refractivity (Wildman–Crippen MR) is 124 cm³/mol. The van der Waals surface area contributed by atoms with Crippen molar-refractivity contribution in [1.29, 1.82) is 0 Å². The molecule has 1 fully saturated rings. The fourth-order valence-electron chi connectivity index (χ4n) is 3.47. The molecular weight excluding hydrogens is 400 g/mol. The van der Waals surface area contributed by atoms with Crippen molar-refractivity contribution in [3.63, 3.8) is 0 Å². The van der Waals surface area contributed by atoms with E-state index in [1.165, 1.54) is 6.42 Å². The van der Waals surface area contributed by atoms with Gasteiger partial charge in [-0.1, -0.05) is 24.6 Å². The monoisotopic (exact) mass is 428 g/mol. The van der Waals surface area contributed by atoms with Gasteiger partial charge in [-0.25, -0.2) is 4.79 Å². The molecule has 0 saturated carbocycles. The van der Waals surface area contributed by atoms with Crippen LogP contribution >= 0.6 is 11.6 Å². The summed E-state index contributed by atoms with van der Waals surface area (Å²) in [4.78, 5) is 27.6. The molecule has 0 aliphatic carbocycles. The van der Waals surface area contributed by atoms with E-state index in [0.29, 0.717) is 22.0 Å². The summed E-state index contributed by atoms with van der Waals surface area (Å²) in [6.07, 6.45) is 4.31. The third-order valence-corrected chi connectivity index (χ3v) is 5.50. The fraction of sp³-hybridized carbons (Fsp3) is 0.391. The van der Waals surface area contributed by atoms with Crippen molar-refractivity contribution in [3.8, 4) is 0 Å². The molecule has 0 bridgehead atoms. The Morgan fingerprint density at radius 1 is 1.03 bits per heavy atom. The zero-order chi connectivity index (χ0) is 21.5. The third kappa shape index (κ3) is 5.89. The quantitative estimate of drug-likeness (QED) is 0.568. The Kier molecular flexibility index (Phi) is 7.57. The molecule has 30 heavy (non-hydrogen) atoms. The Morgan fingerprint density at radius 2 is 1.73 bits per heavy atom. The van der Waals surface area contributed by atoms with Gasteiger partial charge in [-0.05, 0) is 69.0 Å². The lowest BCUT2D eigenvalue weighted by Crippen LogP contribution is -2.35. The van der Waals surface area contributed by atoms with E-state index in [9.17, 15) is 9.59 Å². The molecule has 1 aliphatic rings. The number of carbonyl (C=O) groups is 2. The predicted octanol–water partition coefficient (Wildman–Crippen LogP) is 5.50. The van der Waals surface area contributed by atoms with Crippen molar-refractivity contribution in [1.82, 2.24) is 5.32 Å². The zero-order valence-corrected chi connectivity index (χ0v) is 18.3. The molecule has 6 nitrogen and oxygen atoms in total. The average molecular weight is 429 g/mol. The van der Waals surface area contributed by atoms with Crippen LogP contribution in [0.3, 0.4) is 0 Å². The summed E-state index contributed by atoms with van der Waals surface area (Å²) in [6.45, 7) is 5.89. The molecule has 1 saturated heterocycles. The van der Waals surface area contributed by atoms with Gasteiger partial charge < -0.3 is 20.9 Å². The Bertz CT molecular complexity index is 897. The second-order valence-electron chi connectivity index (χ2n) is 7.65. The standard InChI is InChI=1S/C23H29ClN4O2/c1-3-16(2)25-22(29)20-15-19(10-11-21(20)28-12-5-4-6-13-28)27-23(30)26-18-9-7-8-17(24)14-18/h7-11,14-16H,3-6,12-13H2,1-2H3,(H,25,29)(H2,26,27,30)/t16-/m0/s1. The lowest BCUT2D eigenvalue weighted by Gasteiger charge is -2.31. The van der Waals surface area contributed by atoms with Crippen LogP contribution in [-0.4, -0.2) is 31.1 Å². The number of hydrogen-bond acceptors (Lipinski definition) is 3. The van der Waals surface area contributed by atoms with E-state index in [-0.39, 0.29) is 11.9 Å². The maximum Gasteiger partial charge on any atom is 0.323 e. The molecule has 0 unspecified atom stereocenters. The Labute approximate surface area is 183 Å². The molecular formula is C23H29ClN4O2. The van der Waals surface area contributed by atoms with Crippen LogP contribution in [0.25, 0.3) is 0 Å². The molecule has 1 aliphatic heterocycles. The summed E-state index contributed by atoms with van der Waals surface area (Å²) in [5.41, 5.74) is 2.65. The number of rotatable bonds is 6. The highest BCUT2D eigenvalue weighted by Gasteiger charge is 2.20. The van der Waals surface area contributed by atoms with Gasteiger partial charge in [0.25, 0.3) is 5.91 Å². The minimum Gasteiger partial charge on any atom is -0.371 e. The smallest absolute Gasteiger partial charge is 0.323 e. The first kappa shape index (κ1) is 22.0. The summed E-state index contributed by atoms with van der Waals surface area (Å²) in [5, 5.41) is 9.15. The maximum atomic E-state index is 13.0. The Hall–Kier alpha value is -2.73. The number of nitrogens with zero attached hydrogens (tertiary/aromatic N) is 1. The maximum absolute atomic E-state index is 13.0. The van der Waals surface area contributed by atoms with Crippen molar-refractivity contribution >= 4 is 40.6 Å². The van der Waals surface area contributed by atoms with Gasteiger partial charge in [0, 0.05) is 41.2 Å². The number of amides is 3. The normalized spacial score (nSPS) is 14.7.